The molecule has 1 aromatic carbocycles. The summed E-state index contributed by atoms with van der Waals surface area (Å²) in [5.74, 6) is 1.18. The van der Waals surface area contributed by atoms with Crippen molar-refractivity contribution in [2.75, 3.05) is 20.3 Å². The minimum Gasteiger partial charge on any atom is -0.507 e. The van der Waals surface area contributed by atoms with E-state index in [2.05, 4.69) is 4.98 Å². The number of amidine groups is 1. The van der Waals surface area contributed by atoms with Crippen LogP contribution in [0.5, 0.6) is 17.4 Å². The number of Topliss-reactive ketones (excluding diaryl/α,β-unsaturated/α-hetero) is 1. The number of pyridine rings is 1. The number of fused-ring (bicyclic) bond motifs is 1. The van der Waals surface area contributed by atoms with Crippen LogP contribution in [0.15, 0.2) is 18.2 Å². The van der Waals surface area contributed by atoms with E-state index in [-0.39, 0.29) is 34.7 Å². The summed E-state index contributed by atoms with van der Waals surface area (Å²) in [7, 11) is 1.52. The Morgan fingerprint density at radius 3 is 2.18 bits per heavy atom. The molecule has 1 aromatic heterocycles. The number of ether oxygens (including phenoxy) is 2. The second-order valence-electron chi connectivity index (χ2n) is 10.5. The van der Waals surface area contributed by atoms with E-state index < -0.39 is 0 Å². The highest BCUT2D eigenvalue weighted by molar-refractivity contribution is 6.04. The summed E-state index contributed by atoms with van der Waals surface area (Å²) in [4.78, 5) is 19.5. The molecule has 0 saturated heterocycles. The molecule has 33 heavy (non-hydrogen) atoms. The number of rotatable bonds is 6. The molecule has 2 N–H and O–H groups in total. The first kappa shape index (κ1) is 24.6. The van der Waals surface area contributed by atoms with Gasteiger partial charge in [0.25, 0.3) is 5.88 Å². The highest BCUT2D eigenvalue weighted by atomic mass is 16.5. The van der Waals surface area contributed by atoms with E-state index in [9.17, 15) is 9.90 Å². The van der Waals surface area contributed by atoms with Crippen molar-refractivity contribution in [2.45, 2.75) is 65.8 Å². The fraction of sp³-hybridized carbons (Fsp3) is 0.500. The normalized spacial score (nSPS) is 13.8. The number of benzene rings is 1. The fourth-order valence-corrected chi connectivity index (χ4v) is 4.02. The lowest BCUT2D eigenvalue weighted by Gasteiger charge is -2.28. The van der Waals surface area contributed by atoms with Crippen LogP contribution < -0.4 is 9.47 Å². The molecule has 0 atom stereocenters. The van der Waals surface area contributed by atoms with E-state index in [4.69, 9.17) is 14.9 Å². The Balaban J connectivity index is 1.93. The predicted molar refractivity (Wildman–Crippen MR) is 129 cm³/mol. The molecule has 0 aliphatic carbocycles. The smallest absolute Gasteiger partial charge is 0.257 e. The minimum absolute atomic E-state index is 0.0411. The van der Waals surface area contributed by atoms with Crippen LogP contribution in [0.2, 0.25) is 0 Å². The van der Waals surface area contributed by atoms with Crippen molar-refractivity contribution in [1.82, 2.24) is 9.88 Å². The molecule has 0 bridgehead atoms. The van der Waals surface area contributed by atoms with Gasteiger partial charge in [-0.15, -0.1) is 0 Å². The third-order valence-electron chi connectivity index (χ3n) is 5.81. The number of nitrogens with zero attached hydrogens (tertiary/aromatic N) is 2. The molecule has 0 fully saturated rings. The van der Waals surface area contributed by atoms with Crippen LogP contribution in [0.1, 0.15) is 81.2 Å². The van der Waals surface area contributed by atoms with Crippen molar-refractivity contribution in [3.05, 3.63) is 46.1 Å². The molecule has 7 nitrogen and oxygen atoms in total. The minimum atomic E-state index is -0.326. The van der Waals surface area contributed by atoms with Crippen molar-refractivity contribution in [2.24, 2.45) is 0 Å². The second kappa shape index (κ2) is 8.69. The van der Waals surface area contributed by atoms with Gasteiger partial charge in [0, 0.05) is 28.8 Å². The number of methoxy groups -OCH3 is 1. The van der Waals surface area contributed by atoms with Crippen molar-refractivity contribution in [3.8, 4) is 17.4 Å². The molecule has 2 aromatic rings. The summed E-state index contributed by atoms with van der Waals surface area (Å²) in [5, 5.41) is 19.5. The van der Waals surface area contributed by atoms with Gasteiger partial charge < -0.3 is 19.5 Å². The fourth-order valence-electron chi connectivity index (χ4n) is 4.02. The lowest BCUT2D eigenvalue weighted by atomic mass is 9.78. The zero-order chi connectivity index (χ0) is 24.7. The number of phenolic OH excluding ortho intramolecular Hbond substituents is 1. The Morgan fingerprint density at radius 1 is 1.12 bits per heavy atom. The number of aromatic nitrogens is 1. The summed E-state index contributed by atoms with van der Waals surface area (Å²) in [5.41, 5.74) is 2.69. The van der Waals surface area contributed by atoms with E-state index in [0.29, 0.717) is 36.0 Å². The molecule has 178 valence electrons. The van der Waals surface area contributed by atoms with Crippen LogP contribution in [-0.2, 0) is 17.4 Å². The molecule has 0 saturated carbocycles. The molecule has 0 amide bonds. The van der Waals surface area contributed by atoms with Crippen molar-refractivity contribution >= 4 is 11.6 Å². The zero-order valence-electron chi connectivity index (χ0n) is 20.9. The number of ketones is 1. The third kappa shape index (κ3) is 4.82. The van der Waals surface area contributed by atoms with Crippen molar-refractivity contribution < 1.29 is 19.4 Å². The van der Waals surface area contributed by atoms with Gasteiger partial charge in [-0.1, -0.05) is 41.5 Å². The summed E-state index contributed by atoms with van der Waals surface area (Å²) in [6.07, 6.45) is 0. The number of aromatic hydroxyl groups is 1. The SMILES string of the molecule is CCOc1cc2c(nc1OC)C(=N)N(CC(=O)c1cc(C(C)(C)C)c(O)c(C(C)(C)C)c1)C2. The van der Waals surface area contributed by atoms with E-state index in [0.717, 1.165) is 16.7 Å². The maximum absolute atomic E-state index is 13.4. The van der Waals surface area contributed by atoms with E-state index >= 15 is 0 Å². The number of carbonyl (C=O) groups is 1. The highest BCUT2D eigenvalue weighted by Gasteiger charge is 2.32. The Morgan fingerprint density at radius 2 is 1.70 bits per heavy atom. The lowest BCUT2D eigenvalue weighted by Crippen LogP contribution is -2.31. The Kier molecular flexibility index (Phi) is 6.46. The van der Waals surface area contributed by atoms with Crippen LogP contribution in [0, 0.1) is 5.41 Å². The van der Waals surface area contributed by atoms with Gasteiger partial charge in [-0.3, -0.25) is 10.2 Å². The summed E-state index contributed by atoms with van der Waals surface area (Å²) < 4.78 is 10.9. The second-order valence-corrected chi connectivity index (χ2v) is 10.5. The molecule has 1 aliphatic rings. The van der Waals surface area contributed by atoms with Gasteiger partial charge in [-0.25, -0.2) is 4.98 Å². The first-order chi connectivity index (χ1) is 15.3. The quantitative estimate of drug-likeness (QED) is 0.609. The molecular weight excluding hydrogens is 418 g/mol. The number of carbonyl (C=O) groups excluding carboxylic acids is 1. The molecule has 0 spiro atoms. The number of hydrogen-bond acceptors (Lipinski definition) is 6. The summed E-state index contributed by atoms with van der Waals surface area (Å²) in [6, 6.07) is 5.40. The van der Waals surface area contributed by atoms with Crippen LogP contribution in [0.25, 0.3) is 0 Å². The van der Waals surface area contributed by atoms with Crippen molar-refractivity contribution in [1.29, 1.82) is 5.41 Å². The molecule has 2 heterocycles. The molecule has 7 heteroatoms. The van der Waals surface area contributed by atoms with Gasteiger partial charge in [0.15, 0.2) is 11.5 Å². The first-order valence-electron chi connectivity index (χ1n) is 11.2. The molecule has 0 radical (unpaired) electrons. The molecule has 3 rings (SSSR count). The van der Waals surface area contributed by atoms with Crippen LogP contribution in [-0.4, -0.2) is 46.9 Å². The van der Waals surface area contributed by atoms with Crippen LogP contribution in [0.3, 0.4) is 0 Å². The van der Waals surface area contributed by atoms with Gasteiger partial charge >= 0.3 is 0 Å². The summed E-state index contributed by atoms with van der Waals surface area (Å²) >= 11 is 0. The maximum atomic E-state index is 13.4. The monoisotopic (exact) mass is 453 g/mol. The Labute approximate surface area is 196 Å². The Bertz CT molecular complexity index is 1060. The van der Waals surface area contributed by atoms with Crippen molar-refractivity contribution in [3.63, 3.8) is 0 Å². The van der Waals surface area contributed by atoms with E-state index in [1.165, 1.54) is 7.11 Å². The van der Waals surface area contributed by atoms with E-state index in [1.807, 2.05) is 54.5 Å². The third-order valence-corrected chi connectivity index (χ3v) is 5.81. The first-order valence-corrected chi connectivity index (χ1v) is 11.2. The van der Waals surface area contributed by atoms with Gasteiger partial charge in [-0.2, -0.15) is 0 Å². The topological polar surface area (TPSA) is 95.7 Å². The van der Waals surface area contributed by atoms with Gasteiger partial charge in [0.05, 0.1) is 20.3 Å². The largest absolute Gasteiger partial charge is 0.507 e. The molecule has 0 unspecified atom stereocenters. The van der Waals surface area contributed by atoms with E-state index in [1.54, 1.807) is 17.0 Å². The number of nitrogens with one attached hydrogen (secondary N) is 1. The van der Waals surface area contributed by atoms with Gasteiger partial charge in [0.2, 0.25) is 0 Å². The molecule has 1 aliphatic heterocycles. The molecular formula is C26H35N3O4. The highest BCUT2D eigenvalue weighted by Crippen LogP contribution is 2.40. The van der Waals surface area contributed by atoms with Crippen LogP contribution in [0.4, 0.5) is 0 Å². The number of phenols is 1. The van der Waals surface area contributed by atoms with Gasteiger partial charge in [-0.05, 0) is 36.0 Å². The average molecular weight is 454 g/mol. The average Bonchev–Trinajstić information content (AvgIpc) is 3.00. The predicted octanol–water partition coefficient (Wildman–Crippen LogP) is 4.81. The standard InChI is InChI=1S/C26H35N3O4/c1-9-33-20-12-16-13-29(23(27)21(16)28-24(20)32-8)14-19(30)15-10-17(25(2,3)4)22(31)18(11-15)26(5,6)7/h10-12,27,31H,9,13-14H2,1-8H3. The summed E-state index contributed by atoms with van der Waals surface area (Å²) in [6.45, 7) is 14.9. The zero-order valence-corrected chi connectivity index (χ0v) is 20.9. The van der Waals surface area contributed by atoms with Gasteiger partial charge in [0.1, 0.15) is 17.3 Å². The van der Waals surface area contributed by atoms with Crippen LogP contribution >= 0.6 is 0 Å². The number of hydrogen-bond donors (Lipinski definition) is 2. The lowest BCUT2D eigenvalue weighted by molar-refractivity contribution is 0.0962. The maximum Gasteiger partial charge on any atom is 0.257 e. The Hall–Kier alpha value is -3.09.